The number of ether oxygens (including phenoxy) is 1. The Morgan fingerprint density at radius 1 is 1.45 bits per heavy atom. The van der Waals surface area contributed by atoms with Crippen molar-refractivity contribution < 1.29 is 14.6 Å². The highest BCUT2D eigenvalue weighted by Gasteiger charge is 2.25. The van der Waals surface area contributed by atoms with Crippen molar-refractivity contribution in [2.75, 3.05) is 13.2 Å². The molecule has 0 unspecified atom stereocenters. The minimum atomic E-state index is -0.125. The quantitative estimate of drug-likeness (QED) is 0.920. The summed E-state index contributed by atoms with van der Waals surface area (Å²) in [5.41, 5.74) is 2.82. The van der Waals surface area contributed by atoms with Crippen LogP contribution in [0.1, 0.15) is 28.9 Å². The van der Waals surface area contributed by atoms with Gasteiger partial charge in [-0.25, -0.2) is 4.98 Å². The molecule has 116 valence electrons. The van der Waals surface area contributed by atoms with Gasteiger partial charge in [0.05, 0.1) is 11.6 Å². The molecule has 1 aliphatic heterocycles. The maximum Gasteiger partial charge on any atom is 0.273 e. The maximum atomic E-state index is 12.6. The summed E-state index contributed by atoms with van der Waals surface area (Å²) in [7, 11) is 0. The molecule has 1 aliphatic rings. The van der Waals surface area contributed by atoms with Gasteiger partial charge in [0.1, 0.15) is 11.4 Å². The first-order valence-electron chi connectivity index (χ1n) is 7.30. The molecule has 3 rings (SSSR count). The van der Waals surface area contributed by atoms with Gasteiger partial charge in [-0.1, -0.05) is 18.2 Å². The van der Waals surface area contributed by atoms with Gasteiger partial charge in [0, 0.05) is 30.6 Å². The van der Waals surface area contributed by atoms with Crippen molar-refractivity contribution in [1.82, 2.24) is 9.88 Å². The third-order valence-electron chi connectivity index (χ3n) is 3.74. The van der Waals surface area contributed by atoms with E-state index in [0.29, 0.717) is 18.8 Å². The number of benzene rings is 1. The summed E-state index contributed by atoms with van der Waals surface area (Å²) in [4.78, 5) is 18.5. The van der Waals surface area contributed by atoms with Crippen LogP contribution < -0.4 is 0 Å². The Kier molecular flexibility index (Phi) is 4.70. The Bertz CT molecular complexity index is 624. The van der Waals surface area contributed by atoms with Crippen LogP contribution in [0.2, 0.25) is 0 Å². The van der Waals surface area contributed by atoms with E-state index in [1.165, 1.54) is 11.3 Å². The molecule has 0 aliphatic carbocycles. The lowest BCUT2D eigenvalue weighted by Crippen LogP contribution is -2.37. The molecule has 1 saturated heterocycles. The molecular weight excluding hydrogens is 300 g/mol. The molecule has 22 heavy (non-hydrogen) atoms. The number of hydrogen-bond acceptors (Lipinski definition) is 5. The average Bonchev–Trinajstić information content (AvgIpc) is 3.21. The summed E-state index contributed by atoms with van der Waals surface area (Å²) in [5.74, 6) is 0.0749. The number of thiazole rings is 1. The second-order valence-electron chi connectivity index (χ2n) is 5.32. The highest BCUT2D eigenvalue weighted by molar-refractivity contribution is 7.07. The monoisotopic (exact) mass is 318 g/mol. The normalized spacial score (nSPS) is 17.5. The molecule has 0 bridgehead atoms. The van der Waals surface area contributed by atoms with Gasteiger partial charge in [-0.05, 0) is 18.9 Å². The predicted molar refractivity (Wildman–Crippen MR) is 83.9 cm³/mol. The van der Waals surface area contributed by atoms with Crippen LogP contribution in [0.4, 0.5) is 0 Å². The maximum absolute atomic E-state index is 12.6. The van der Waals surface area contributed by atoms with E-state index in [1.807, 2.05) is 12.1 Å². The van der Waals surface area contributed by atoms with Gasteiger partial charge in [0.15, 0.2) is 0 Å². The Balaban J connectivity index is 1.79. The molecule has 5 nitrogen and oxygen atoms in total. The first kappa shape index (κ1) is 15.0. The van der Waals surface area contributed by atoms with Crippen molar-refractivity contribution in [1.29, 1.82) is 0 Å². The van der Waals surface area contributed by atoms with Crippen LogP contribution in [0.3, 0.4) is 0 Å². The van der Waals surface area contributed by atoms with Crippen molar-refractivity contribution >= 4 is 17.2 Å². The number of carbonyl (C=O) groups excluding carboxylic acids is 1. The summed E-state index contributed by atoms with van der Waals surface area (Å²) in [6.07, 6.45) is 2.05. The van der Waals surface area contributed by atoms with E-state index in [4.69, 9.17) is 4.74 Å². The Morgan fingerprint density at radius 3 is 3.00 bits per heavy atom. The van der Waals surface area contributed by atoms with Gasteiger partial charge < -0.3 is 14.7 Å². The first-order chi connectivity index (χ1) is 10.7. The highest BCUT2D eigenvalue weighted by atomic mass is 32.1. The van der Waals surface area contributed by atoms with Crippen LogP contribution in [0.5, 0.6) is 5.75 Å². The second kappa shape index (κ2) is 6.89. The van der Waals surface area contributed by atoms with Crippen LogP contribution in [0.25, 0.3) is 0 Å². The summed E-state index contributed by atoms with van der Waals surface area (Å²) in [5, 5.41) is 11.7. The van der Waals surface area contributed by atoms with Crippen LogP contribution in [0, 0.1) is 0 Å². The summed E-state index contributed by atoms with van der Waals surface area (Å²) >= 11 is 1.40. The second-order valence-corrected chi connectivity index (χ2v) is 6.04. The third kappa shape index (κ3) is 3.45. The van der Waals surface area contributed by atoms with Crippen molar-refractivity contribution in [3.05, 3.63) is 46.4 Å². The average molecular weight is 318 g/mol. The fourth-order valence-corrected chi connectivity index (χ4v) is 3.11. The number of hydrogen-bond donors (Lipinski definition) is 1. The predicted octanol–water partition coefficient (Wildman–Crippen LogP) is 2.67. The Hall–Kier alpha value is -1.92. The lowest BCUT2D eigenvalue weighted by atomic mass is 10.1. The van der Waals surface area contributed by atoms with Crippen LogP contribution in [0.15, 0.2) is 35.2 Å². The molecule has 1 atom stereocenters. The molecule has 6 heteroatoms. The SMILES string of the molecule is O=C(c1cscn1)N(Cc1ccccc1O)C[C@H]1CCCO1. The van der Waals surface area contributed by atoms with Crippen LogP contribution in [-0.2, 0) is 11.3 Å². The van der Waals surface area contributed by atoms with Gasteiger partial charge in [-0.3, -0.25) is 4.79 Å². The smallest absolute Gasteiger partial charge is 0.273 e. The van der Waals surface area contributed by atoms with E-state index in [1.54, 1.807) is 27.9 Å². The number of rotatable bonds is 5. The minimum Gasteiger partial charge on any atom is -0.508 e. The van der Waals surface area contributed by atoms with E-state index in [9.17, 15) is 9.90 Å². The molecule has 0 spiro atoms. The first-order valence-corrected chi connectivity index (χ1v) is 8.24. The number of carbonyl (C=O) groups is 1. The molecule has 1 N–H and O–H groups in total. The zero-order valence-corrected chi connectivity index (χ0v) is 13.0. The van der Waals surface area contributed by atoms with E-state index in [-0.39, 0.29) is 17.8 Å². The van der Waals surface area contributed by atoms with E-state index >= 15 is 0 Å². The molecule has 0 radical (unpaired) electrons. The third-order valence-corrected chi connectivity index (χ3v) is 4.33. The van der Waals surface area contributed by atoms with E-state index < -0.39 is 0 Å². The number of amides is 1. The Morgan fingerprint density at radius 2 is 2.32 bits per heavy atom. The van der Waals surface area contributed by atoms with Crippen molar-refractivity contribution in [2.45, 2.75) is 25.5 Å². The van der Waals surface area contributed by atoms with E-state index in [2.05, 4.69) is 4.98 Å². The molecule has 2 aromatic rings. The number of nitrogens with zero attached hydrogens (tertiary/aromatic N) is 2. The van der Waals surface area contributed by atoms with Gasteiger partial charge in [-0.2, -0.15) is 0 Å². The molecule has 1 aromatic heterocycles. The summed E-state index contributed by atoms with van der Waals surface area (Å²) < 4.78 is 5.64. The van der Waals surface area contributed by atoms with Crippen molar-refractivity contribution in [3.8, 4) is 5.75 Å². The van der Waals surface area contributed by atoms with Crippen LogP contribution in [-0.4, -0.2) is 40.2 Å². The molecule has 1 amide bonds. The lowest BCUT2D eigenvalue weighted by Gasteiger charge is -2.25. The fourth-order valence-electron chi connectivity index (χ4n) is 2.58. The van der Waals surface area contributed by atoms with Gasteiger partial charge in [-0.15, -0.1) is 11.3 Å². The topological polar surface area (TPSA) is 62.7 Å². The van der Waals surface area contributed by atoms with Gasteiger partial charge in [0.2, 0.25) is 0 Å². The van der Waals surface area contributed by atoms with Gasteiger partial charge >= 0.3 is 0 Å². The fraction of sp³-hybridized carbons (Fsp3) is 0.375. The Labute approximate surface area is 133 Å². The molecule has 1 aromatic carbocycles. The van der Waals surface area contributed by atoms with Gasteiger partial charge in [0.25, 0.3) is 5.91 Å². The summed E-state index contributed by atoms with van der Waals surface area (Å²) in [6, 6.07) is 7.08. The van der Waals surface area contributed by atoms with E-state index in [0.717, 1.165) is 25.0 Å². The lowest BCUT2D eigenvalue weighted by molar-refractivity contribution is 0.0502. The minimum absolute atomic E-state index is 0.0634. The molecular formula is C16H18N2O3S. The summed E-state index contributed by atoms with van der Waals surface area (Å²) in [6.45, 7) is 1.62. The molecule has 2 heterocycles. The van der Waals surface area contributed by atoms with Crippen LogP contribution >= 0.6 is 11.3 Å². The number of phenolic OH excluding ortho intramolecular Hbond substituents is 1. The molecule has 1 fully saturated rings. The standard InChI is InChI=1S/C16H18N2O3S/c19-15-6-2-1-4-12(15)8-18(9-13-5-3-7-21-13)16(20)14-10-22-11-17-14/h1-2,4,6,10-11,13,19H,3,5,7-9H2/t13-/m1/s1. The zero-order valence-electron chi connectivity index (χ0n) is 12.1. The number of aromatic hydroxyl groups is 1. The molecule has 0 saturated carbocycles. The zero-order chi connectivity index (χ0) is 15.4. The number of para-hydroxylation sites is 1. The highest BCUT2D eigenvalue weighted by Crippen LogP contribution is 2.21. The number of aromatic nitrogens is 1. The largest absolute Gasteiger partial charge is 0.508 e. The number of phenols is 1. The van der Waals surface area contributed by atoms with Crippen molar-refractivity contribution in [3.63, 3.8) is 0 Å². The van der Waals surface area contributed by atoms with Crippen molar-refractivity contribution in [2.24, 2.45) is 0 Å².